The fourth-order valence-corrected chi connectivity index (χ4v) is 4.46. The van der Waals surface area contributed by atoms with Crippen LogP contribution in [0.1, 0.15) is 31.0 Å². The lowest BCUT2D eigenvalue weighted by molar-refractivity contribution is -0.115. The van der Waals surface area contributed by atoms with E-state index in [9.17, 15) is 4.79 Å². The summed E-state index contributed by atoms with van der Waals surface area (Å²) >= 11 is 5.08. The lowest BCUT2D eigenvalue weighted by atomic mass is 9.94. The van der Waals surface area contributed by atoms with E-state index in [4.69, 9.17) is 10.5 Å². The number of carbonyl (C=O) groups is 1. The van der Waals surface area contributed by atoms with Crippen LogP contribution in [0.15, 0.2) is 69.4 Å². The van der Waals surface area contributed by atoms with Gasteiger partial charge >= 0.3 is 0 Å². The molecule has 4 rings (SSSR count). The first kappa shape index (κ1) is 21.5. The number of aromatic nitrogens is 3. The van der Waals surface area contributed by atoms with Crippen LogP contribution < -0.4 is 15.8 Å². The molecule has 0 radical (unpaired) electrons. The molecule has 1 unspecified atom stereocenters. The van der Waals surface area contributed by atoms with Gasteiger partial charge in [0.2, 0.25) is 17.0 Å². The van der Waals surface area contributed by atoms with Crippen LogP contribution in [-0.4, -0.2) is 26.4 Å². The van der Waals surface area contributed by atoms with Gasteiger partial charge in [-0.3, -0.25) is 4.79 Å². The minimum absolute atomic E-state index is 0.399. The number of ether oxygens (including phenoxy) is 1. The number of nitrogens with two attached hydrogens (primary N) is 1. The third kappa shape index (κ3) is 4.47. The molecule has 1 amide bonds. The van der Waals surface area contributed by atoms with E-state index in [1.807, 2.05) is 62.4 Å². The predicted molar refractivity (Wildman–Crippen MR) is 125 cm³/mol. The molecule has 0 spiro atoms. The molecule has 3 aromatic rings. The zero-order valence-corrected chi connectivity index (χ0v) is 19.5. The normalized spacial score (nSPS) is 15.4. The van der Waals surface area contributed by atoms with Crippen LogP contribution in [0.25, 0.3) is 0 Å². The average molecular weight is 500 g/mol. The highest BCUT2D eigenvalue weighted by molar-refractivity contribution is 9.10. The molecule has 0 bridgehead atoms. The molecule has 7 nitrogen and oxygen atoms in total. The number of carbonyl (C=O) groups excluding carboxylic acids is 1. The number of halogens is 1. The number of benzene rings is 2. The number of anilines is 1. The molecule has 9 heteroatoms. The van der Waals surface area contributed by atoms with Crippen molar-refractivity contribution in [2.45, 2.75) is 31.7 Å². The van der Waals surface area contributed by atoms with Crippen LogP contribution in [0.3, 0.4) is 0 Å². The van der Waals surface area contributed by atoms with Crippen molar-refractivity contribution in [2.24, 2.45) is 5.73 Å². The Morgan fingerprint density at radius 1 is 1.29 bits per heavy atom. The van der Waals surface area contributed by atoms with Crippen LogP contribution in [0.4, 0.5) is 5.95 Å². The van der Waals surface area contributed by atoms with Crippen molar-refractivity contribution in [2.75, 3.05) is 11.1 Å². The van der Waals surface area contributed by atoms with Crippen molar-refractivity contribution in [3.63, 3.8) is 0 Å². The molecular weight excluding hydrogens is 478 g/mol. The van der Waals surface area contributed by atoms with Gasteiger partial charge in [-0.2, -0.15) is 4.98 Å². The van der Waals surface area contributed by atoms with E-state index >= 15 is 0 Å². The number of fused-ring (bicyclic) bond motifs is 1. The smallest absolute Gasteiger partial charge is 0.248 e. The number of nitrogens with zero attached hydrogens (tertiary/aromatic N) is 3. The highest BCUT2D eigenvalue weighted by atomic mass is 79.9. The Hall–Kier alpha value is -2.78. The van der Waals surface area contributed by atoms with E-state index in [0.29, 0.717) is 34.7 Å². The van der Waals surface area contributed by atoms with Gasteiger partial charge in [0.05, 0.1) is 5.57 Å². The van der Waals surface area contributed by atoms with Crippen molar-refractivity contribution in [3.05, 3.63) is 75.4 Å². The van der Waals surface area contributed by atoms with Gasteiger partial charge in [0.15, 0.2) is 0 Å². The van der Waals surface area contributed by atoms with Crippen molar-refractivity contribution >= 4 is 39.5 Å². The topological polar surface area (TPSA) is 95.1 Å². The highest BCUT2D eigenvalue weighted by Gasteiger charge is 2.35. The Labute approximate surface area is 193 Å². The molecule has 2 aromatic carbocycles. The van der Waals surface area contributed by atoms with Crippen molar-refractivity contribution < 1.29 is 9.53 Å². The van der Waals surface area contributed by atoms with Crippen molar-refractivity contribution in [1.82, 2.24) is 14.8 Å². The number of hydrogen-bond acceptors (Lipinski definition) is 6. The van der Waals surface area contributed by atoms with Crippen LogP contribution in [0, 0.1) is 0 Å². The predicted octanol–water partition coefficient (Wildman–Crippen LogP) is 4.51. The molecule has 0 saturated heterocycles. The van der Waals surface area contributed by atoms with Crippen LogP contribution in [0.5, 0.6) is 5.75 Å². The second kappa shape index (κ2) is 9.15. The lowest BCUT2D eigenvalue weighted by Gasteiger charge is -2.29. The second-order valence-electron chi connectivity index (χ2n) is 6.98. The molecular formula is C22H22BrN5O2S. The highest BCUT2D eigenvalue weighted by Crippen LogP contribution is 2.40. The Balaban J connectivity index is 1.81. The summed E-state index contributed by atoms with van der Waals surface area (Å²) in [5, 5.41) is 8.45. The summed E-state index contributed by atoms with van der Waals surface area (Å²) in [5.74, 6) is 1.54. The molecule has 0 fully saturated rings. The van der Waals surface area contributed by atoms with Crippen LogP contribution in [-0.2, 0) is 11.4 Å². The quantitative estimate of drug-likeness (QED) is 0.464. The minimum Gasteiger partial charge on any atom is -0.489 e. The third-order valence-electron chi connectivity index (χ3n) is 4.88. The van der Waals surface area contributed by atoms with E-state index in [2.05, 4.69) is 31.3 Å². The molecule has 2 heterocycles. The van der Waals surface area contributed by atoms with E-state index in [1.54, 1.807) is 4.68 Å². The zero-order chi connectivity index (χ0) is 22.0. The summed E-state index contributed by atoms with van der Waals surface area (Å²) in [6.07, 6.45) is 0. The first-order valence-corrected chi connectivity index (χ1v) is 11.6. The molecule has 3 N–H and O–H groups in total. The number of thioether (sulfide) groups is 1. The largest absolute Gasteiger partial charge is 0.489 e. The Morgan fingerprint density at radius 3 is 2.77 bits per heavy atom. The number of hydrogen-bond donors (Lipinski definition) is 2. The fraction of sp³-hybridized carbons (Fsp3) is 0.227. The Kier molecular flexibility index (Phi) is 6.33. The first-order chi connectivity index (χ1) is 15.0. The van der Waals surface area contributed by atoms with E-state index in [0.717, 1.165) is 21.4 Å². The number of allylic oxidation sites excluding steroid dienone is 1. The molecule has 0 saturated carbocycles. The maximum Gasteiger partial charge on any atom is 0.248 e. The maximum atomic E-state index is 12.5. The van der Waals surface area contributed by atoms with Gasteiger partial charge in [0.25, 0.3) is 0 Å². The molecule has 1 aromatic heterocycles. The van der Waals surface area contributed by atoms with E-state index in [-0.39, 0.29) is 0 Å². The first-order valence-electron chi connectivity index (χ1n) is 9.81. The summed E-state index contributed by atoms with van der Waals surface area (Å²) in [5.41, 5.74) is 8.71. The standard InChI is InChI=1S/C22H22BrN5O2S/c1-3-31-22-26-21-25-13(2)18(20(24)29)19(28(21)27-22)16-11-15(23)9-10-17(16)30-12-14-7-5-4-6-8-14/h4-11,19H,3,12H2,1-2H3,(H2,24,29)(H,25,26,27). The number of rotatable bonds is 7. The zero-order valence-electron chi connectivity index (χ0n) is 17.1. The molecule has 31 heavy (non-hydrogen) atoms. The summed E-state index contributed by atoms with van der Waals surface area (Å²) in [6, 6.07) is 15.1. The molecule has 1 atom stereocenters. The number of primary amides is 1. The maximum absolute atomic E-state index is 12.5. The molecule has 0 aliphatic carbocycles. The van der Waals surface area contributed by atoms with Gasteiger partial charge in [0, 0.05) is 15.7 Å². The second-order valence-corrected chi connectivity index (χ2v) is 9.13. The summed E-state index contributed by atoms with van der Waals surface area (Å²) in [7, 11) is 0. The average Bonchev–Trinajstić information content (AvgIpc) is 3.14. The van der Waals surface area contributed by atoms with Crippen molar-refractivity contribution in [3.8, 4) is 5.75 Å². The Morgan fingerprint density at radius 2 is 2.06 bits per heavy atom. The minimum atomic E-state index is -0.560. The van der Waals surface area contributed by atoms with Gasteiger partial charge in [-0.1, -0.05) is 64.9 Å². The monoisotopic (exact) mass is 499 g/mol. The Bertz CT molecular complexity index is 1150. The van der Waals surface area contributed by atoms with Gasteiger partial charge < -0.3 is 15.8 Å². The molecule has 1 aliphatic heterocycles. The van der Waals surface area contributed by atoms with Crippen LogP contribution in [0.2, 0.25) is 0 Å². The molecule has 1 aliphatic rings. The molecule has 160 valence electrons. The van der Waals surface area contributed by atoms with Crippen molar-refractivity contribution in [1.29, 1.82) is 0 Å². The van der Waals surface area contributed by atoms with Crippen LogP contribution >= 0.6 is 27.7 Å². The number of amides is 1. The van der Waals surface area contributed by atoms with E-state index < -0.39 is 11.9 Å². The SMILES string of the molecule is CCSc1nc2n(n1)C(c1cc(Br)ccc1OCc1ccccc1)C(C(N)=O)=C(C)N2. The van der Waals surface area contributed by atoms with E-state index in [1.165, 1.54) is 11.8 Å². The van der Waals surface area contributed by atoms with Gasteiger partial charge in [0.1, 0.15) is 18.4 Å². The summed E-state index contributed by atoms with van der Waals surface area (Å²) in [6.45, 7) is 4.26. The third-order valence-corrected chi connectivity index (χ3v) is 6.09. The van der Waals surface area contributed by atoms with Gasteiger partial charge in [-0.05, 0) is 36.4 Å². The number of nitrogens with one attached hydrogen (secondary N) is 1. The van der Waals surface area contributed by atoms with Gasteiger partial charge in [-0.15, -0.1) is 5.10 Å². The lowest BCUT2D eigenvalue weighted by Crippen LogP contribution is -2.32. The summed E-state index contributed by atoms with van der Waals surface area (Å²) in [4.78, 5) is 17.0. The summed E-state index contributed by atoms with van der Waals surface area (Å²) < 4.78 is 8.75. The van der Waals surface area contributed by atoms with Gasteiger partial charge in [-0.25, -0.2) is 4.68 Å². The fourth-order valence-electron chi connectivity index (χ4n) is 3.53.